The van der Waals surface area contributed by atoms with E-state index in [0.717, 1.165) is 19.5 Å². The first-order valence-electron chi connectivity index (χ1n) is 5.57. The van der Waals surface area contributed by atoms with Crippen LogP contribution < -0.4 is 5.32 Å². The molecule has 14 heavy (non-hydrogen) atoms. The molecule has 1 aliphatic heterocycles. The molecule has 1 heterocycles. The van der Waals surface area contributed by atoms with E-state index in [1.807, 2.05) is 11.9 Å². The highest BCUT2D eigenvalue weighted by molar-refractivity contribution is 5.76. The summed E-state index contributed by atoms with van der Waals surface area (Å²) in [6.45, 7) is 6.23. The first-order valence-corrected chi connectivity index (χ1v) is 5.57. The summed E-state index contributed by atoms with van der Waals surface area (Å²) in [6, 6.07) is 0.412. The van der Waals surface area contributed by atoms with Crippen molar-refractivity contribution >= 4 is 5.91 Å². The summed E-state index contributed by atoms with van der Waals surface area (Å²) >= 11 is 0. The summed E-state index contributed by atoms with van der Waals surface area (Å²) in [5, 5.41) is 3.33. The lowest BCUT2D eigenvalue weighted by Crippen LogP contribution is -2.46. The van der Waals surface area contributed by atoms with Gasteiger partial charge in [0.25, 0.3) is 0 Å². The van der Waals surface area contributed by atoms with Gasteiger partial charge in [-0.1, -0.05) is 13.8 Å². The molecule has 1 saturated heterocycles. The highest BCUT2D eigenvalue weighted by atomic mass is 16.2. The highest BCUT2D eigenvalue weighted by Gasteiger charge is 2.21. The lowest BCUT2D eigenvalue weighted by atomic mass is 10.0. The molecule has 0 spiro atoms. The Morgan fingerprint density at radius 2 is 2.29 bits per heavy atom. The smallest absolute Gasteiger partial charge is 0.222 e. The Balaban J connectivity index is 2.38. The van der Waals surface area contributed by atoms with Gasteiger partial charge < -0.3 is 10.2 Å². The van der Waals surface area contributed by atoms with Crippen LogP contribution in [0.5, 0.6) is 0 Å². The summed E-state index contributed by atoms with van der Waals surface area (Å²) in [5.74, 6) is 0.746. The highest BCUT2D eigenvalue weighted by Crippen LogP contribution is 2.11. The summed E-state index contributed by atoms with van der Waals surface area (Å²) in [5.41, 5.74) is 0. The van der Waals surface area contributed by atoms with Crippen molar-refractivity contribution in [2.45, 2.75) is 39.2 Å². The lowest BCUT2D eigenvalue weighted by Gasteiger charge is -2.32. The summed E-state index contributed by atoms with van der Waals surface area (Å²) in [4.78, 5) is 13.7. The predicted molar refractivity (Wildman–Crippen MR) is 58.1 cm³/mol. The first kappa shape index (κ1) is 11.5. The molecule has 0 saturated carbocycles. The van der Waals surface area contributed by atoms with Crippen LogP contribution in [0.25, 0.3) is 0 Å². The number of piperidine rings is 1. The van der Waals surface area contributed by atoms with Gasteiger partial charge in [0.1, 0.15) is 0 Å². The van der Waals surface area contributed by atoms with Crippen molar-refractivity contribution in [3.05, 3.63) is 0 Å². The molecule has 1 atom stereocenters. The molecular formula is C11H22N2O. The normalized spacial score (nSPS) is 22.4. The average molecular weight is 198 g/mol. The fourth-order valence-electron chi connectivity index (χ4n) is 1.86. The Morgan fingerprint density at radius 3 is 2.79 bits per heavy atom. The van der Waals surface area contributed by atoms with Crippen LogP contribution >= 0.6 is 0 Å². The van der Waals surface area contributed by atoms with Crippen molar-refractivity contribution in [3.8, 4) is 0 Å². The molecule has 3 heteroatoms. The van der Waals surface area contributed by atoms with E-state index in [-0.39, 0.29) is 5.91 Å². The van der Waals surface area contributed by atoms with Gasteiger partial charge in [-0.3, -0.25) is 4.79 Å². The van der Waals surface area contributed by atoms with E-state index in [2.05, 4.69) is 19.2 Å². The van der Waals surface area contributed by atoms with Crippen molar-refractivity contribution < 1.29 is 4.79 Å². The molecule has 3 nitrogen and oxygen atoms in total. The Kier molecular flexibility index (Phi) is 4.39. The van der Waals surface area contributed by atoms with Gasteiger partial charge in [0, 0.05) is 26.1 Å². The Morgan fingerprint density at radius 1 is 1.57 bits per heavy atom. The van der Waals surface area contributed by atoms with E-state index in [1.54, 1.807) is 0 Å². The molecule has 0 bridgehead atoms. The van der Waals surface area contributed by atoms with E-state index in [4.69, 9.17) is 0 Å². The van der Waals surface area contributed by atoms with E-state index in [9.17, 15) is 4.79 Å². The molecule has 1 fully saturated rings. The van der Waals surface area contributed by atoms with Crippen molar-refractivity contribution in [1.82, 2.24) is 10.2 Å². The number of amides is 1. The predicted octanol–water partition coefficient (Wildman–Crippen LogP) is 1.24. The van der Waals surface area contributed by atoms with Crippen LogP contribution in [-0.4, -0.2) is 37.0 Å². The number of rotatable bonds is 3. The molecule has 0 unspecified atom stereocenters. The number of nitrogens with zero attached hydrogens (tertiary/aromatic N) is 1. The van der Waals surface area contributed by atoms with E-state index >= 15 is 0 Å². The zero-order valence-electron chi connectivity index (χ0n) is 9.55. The SMILES string of the molecule is CC(C)CC(=O)N(C)[C@@H]1CCCNC1. The minimum atomic E-state index is 0.286. The molecule has 1 N–H and O–H groups in total. The quantitative estimate of drug-likeness (QED) is 0.740. The zero-order chi connectivity index (χ0) is 10.6. The summed E-state index contributed by atoms with van der Waals surface area (Å²) in [7, 11) is 1.93. The second-order valence-electron chi connectivity index (χ2n) is 4.60. The maximum absolute atomic E-state index is 11.8. The standard InChI is InChI=1S/C11H22N2O/c1-9(2)7-11(14)13(3)10-5-4-6-12-8-10/h9-10,12H,4-8H2,1-3H3/t10-/m1/s1. The first-order chi connectivity index (χ1) is 6.61. The van der Waals surface area contributed by atoms with Crippen LogP contribution in [0, 0.1) is 5.92 Å². The number of likely N-dealkylation sites (N-methyl/N-ethyl adjacent to an activating group) is 1. The van der Waals surface area contributed by atoms with Crippen molar-refractivity contribution in [1.29, 1.82) is 0 Å². The van der Waals surface area contributed by atoms with E-state index < -0.39 is 0 Å². The van der Waals surface area contributed by atoms with Gasteiger partial charge in [-0.25, -0.2) is 0 Å². The summed E-state index contributed by atoms with van der Waals surface area (Å²) < 4.78 is 0. The molecular weight excluding hydrogens is 176 g/mol. The Labute approximate surface area is 86.9 Å². The molecule has 0 aromatic heterocycles. The van der Waals surface area contributed by atoms with E-state index in [0.29, 0.717) is 18.4 Å². The molecule has 0 aromatic carbocycles. The van der Waals surface area contributed by atoms with E-state index in [1.165, 1.54) is 6.42 Å². The van der Waals surface area contributed by atoms with Crippen LogP contribution in [0.1, 0.15) is 33.1 Å². The third-order valence-electron chi connectivity index (χ3n) is 2.79. The van der Waals surface area contributed by atoms with Gasteiger partial charge in [-0.15, -0.1) is 0 Å². The van der Waals surface area contributed by atoms with Crippen molar-refractivity contribution in [3.63, 3.8) is 0 Å². The number of carbonyl (C=O) groups excluding carboxylic acids is 1. The van der Waals surface area contributed by atoms with Crippen LogP contribution in [-0.2, 0) is 4.79 Å². The van der Waals surface area contributed by atoms with Crippen molar-refractivity contribution in [2.24, 2.45) is 5.92 Å². The van der Waals surface area contributed by atoms with Crippen LogP contribution in [0.3, 0.4) is 0 Å². The fraction of sp³-hybridized carbons (Fsp3) is 0.909. The third kappa shape index (κ3) is 3.29. The second kappa shape index (κ2) is 5.35. The summed E-state index contributed by atoms with van der Waals surface area (Å²) in [6.07, 6.45) is 3.00. The van der Waals surface area contributed by atoms with Crippen LogP contribution in [0.15, 0.2) is 0 Å². The Hall–Kier alpha value is -0.570. The molecule has 0 aromatic rings. The number of hydrogen-bond donors (Lipinski definition) is 1. The fourth-order valence-corrected chi connectivity index (χ4v) is 1.86. The van der Waals surface area contributed by atoms with Crippen LogP contribution in [0.2, 0.25) is 0 Å². The molecule has 1 amide bonds. The minimum Gasteiger partial charge on any atom is -0.341 e. The van der Waals surface area contributed by atoms with Crippen molar-refractivity contribution in [2.75, 3.05) is 20.1 Å². The second-order valence-corrected chi connectivity index (χ2v) is 4.60. The molecule has 1 aliphatic rings. The largest absolute Gasteiger partial charge is 0.341 e. The molecule has 1 rings (SSSR count). The minimum absolute atomic E-state index is 0.286. The topological polar surface area (TPSA) is 32.3 Å². The molecule has 82 valence electrons. The monoisotopic (exact) mass is 198 g/mol. The van der Waals surface area contributed by atoms with Gasteiger partial charge in [0.2, 0.25) is 5.91 Å². The van der Waals surface area contributed by atoms with Gasteiger partial charge in [-0.05, 0) is 25.3 Å². The lowest BCUT2D eigenvalue weighted by molar-refractivity contribution is -0.133. The van der Waals surface area contributed by atoms with Gasteiger partial charge >= 0.3 is 0 Å². The molecule has 0 aliphatic carbocycles. The maximum Gasteiger partial charge on any atom is 0.222 e. The van der Waals surface area contributed by atoms with Crippen LogP contribution in [0.4, 0.5) is 0 Å². The number of nitrogens with one attached hydrogen (secondary N) is 1. The van der Waals surface area contributed by atoms with Gasteiger partial charge in [0.15, 0.2) is 0 Å². The van der Waals surface area contributed by atoms with Gasteiger partial charge in [0.05, 0.1) is 0 Å². The third-order valence-corrected chi connectivity index (χ3v) is 2.79. The number of hydrogen-bond acceptors (Lipinski definition) is 2. The molecule has 0 radical (unpaired) electrons. The average Bonchev–Trinajstić information content (AvgIpc) is 2.17. The Bertz CT molecular complexity index is 186. The zero-order valence-corrected chi connectivity index (χ0v) is 9.55. The van der Waals surface area contributed by atoms with Gasteiger partial charge in [-0.2, -0.15) is 0 Å². The number of carbonyl (C=O) groups is 1. The maximum atomic E-state index is 11.8.